The van der Waals surface area contributed by atoms with Crippen molar-refractivity contribution in [2.75, 3.05) is 13.2 Å². The molecule has 68 heavy (non-hydrogen) atoms. The number of unbranched alkanes of at least 4 members (excludes halogenated alkanes) is 35. The Labute approximate surface area is 422 Å². The monoisotopic (exact) mass is 953 g/mol. The highest BCUT2D eigenvalue weighted by Crippen LogP contribution is 2.16. The molecular weight excluding hydrogens is 841 g/mol. The summed E-state index contributed by atoms with van der Waals surface area (Å²) in [6.45, 7) is 6.61. The van der Waals surface area contributed by atoms with Gasteiger partial charge in [0.25, 0.3) is 0 Å². The van der Waals surface area contributed by atoms with Crippen LogP contribution in [0.4, 0.5) is 0 Å². The van der Waals surface area contributed by atoms with Crippen LogP contribution in [0.25, 0.3) is 0 Å². The zero-order valence-electron chi connectivity index (χ0n) is 45.4. The van der Waals surface area contributed by atoms with Gasteiger partial charge < -0.3 is 14.2 Å². The van der Waals surface area contributed by atoms with E-state index in [1.807, 2.05) is 0 Å². The van der Waals surface area contributed by atoms with Crippen molar-refractivity contribution in [2.24, 2.45) is 0 Å². The summed E-state index contributed by atoms with van der Waals surface area (Å²) in [4.78, 5) is 38.2. The second-order valence-corrected chi connectivity index (χ2v) is 19.9. The molecule has 0 aliphatic rings. The number of allylic oxidation sites excluding steroid dienone is 8. The van der Waals surface area contributed by atoms with Gasteiger partial charge in [0, 0.05) is 19.3 Å². The Kier molecular flexibility index (Phi) is 54.8. The number of carbonyl (C=O) groups excluding carboxylic acids is 3. The average molecular weight is 954 g/mol. The molecule has 6 heteroatoms. The molecule has 0 saturated carbocycles. The summed E-state index contributed by atoms with van der Waals surface area (Å²) in [5.74, 6) is -0.878. The Bertz CT molecular complexity index is 1190. The quantitative estimate of drug-likeness (QED) is 0.0262. The second-order valence-electron chi connectivity index (χ2n) is 19.9. The summed E-state index contributed by atoms with van der Waals surface area (Å²) in [5, 5.41) is 0. The lowest BCUT2D eigenvalue weighted by atomic mass is 10.0. The van der Waals surface area contributed by atoms with Gasteiger partial charge in [-0.1, -0.05) is 256 Å². The van der Waals surface area contributed by atoms with Crippen LogP contribution in [0, 0.1) is 0 Å². The average Bonchev–Trinajstić information content (AvgIpc) is 3.34. The normalized spacial score (nSPS) is 12.3. The first-order valence-electron chi connectivity index (χ1n) is 29.6. The molecule has 0 aromatic rings. The van der Waals surface area contributed by atoms with Crippen molar-refractivity contribution in [3.05, 3.63) is 48.6 Å². The molecule has 0 heterocycles. The number of ether oxygens (including phenoxy) is 3. The van der Waals surface area contributed by atoms with Crippen LogP contribution in [-0.2, 0) is 28.6 Å². The highest BCUT2D eigenvalue weighted by Gasteiger charge is 2.19. The van der Waals surface area contributed by atoms with Gasteiger partial charge in [-0.25, -0.2) is 0 Å². The summed E-state index contributed by atoms with van der Waals surface area (Å²) in [6.07, 6.45) is 69.5. The molecule has 0 rings (SSSR count). The summed E-state index contributed by atoms with van der Waals surface area (Å²) >= 11 is 0. The summed E-state index contributed by atoms with van der Waals surface area (Å²) in [5.41, 5.74) is 0. The fraction of sp³-hybridized carbons (Fsp3) is 0.823. The van der Waals surface area contributed by atoms with E-state index in [0.29, 0.717) is 19.3 Å². The van der Waals surface area contributed by atoms with Crippen molar-refractivity contribution in [2.45, 2.75) is 316 Å². The van der Waals surface area contributed by atoms with Crippen molar-refractivity contribution in [3.8, 4) is 0 Å². The van der Waals surface area contributed by atoms with Crippen molar-refractivity contribution in [3.63, 3.8) is 0 Å². The molecule has 0 aromatic heterocycles. The van der Waals surface area contributed by atoms with Gasteiger partial charge >= 0.3 is 17.9 Å². The van der Waals surface area contributed by atoms with Gasteiger partial charge in [0.15, 0.2) is 6.10 Å². The van der Waals surface area contributed by atoms with E-state index < -0.39 is 6.10 Å². The van der Waals surface area contributed by atoms with Gasteiger partial charge in [-0.15, -0.1) is 0 Å². The van der Waals surface area contributed by atoms with E-state index in [1.165, 1.54) is 186 Å². The van der Waals surface area contributed by atoms with Crippen molar-refractivity contribution >= 4 is 17.9 Å². The van der Waals surface area contributed by atoms with E-state index >= 15 is 0 Å². The molecule has 0 N–H and O–H groups in total. The number of carbonyl (C=O) groups is 3. The summed E-state index contributed by atoms with van der Waals surface area (Å²) < 4.78 is 16.9. The van der Waals surface area contributed by atoms with Crippen LogP contribution in [0.5, 0.6) is 0 Å². The molecule has 0 aliphatic heterocycles. The topological polar surface area (TPSA) is 78.9 Å². The molecule has 0 radical (unpaired) electrons. The highest BCUT2D eigenvalue weighted by atomic mass is 16.6. The molecule has 396 valence electrons. The Hall–Kier alpha value is -2.63. The molecule has 0 amide bonds. The lowest BCUT2D eigenvalue weighted by Gasteiger charge is -2.18. The number of esters is 3. The highest BCUT2D eigenvalue weighted by molar-refractivity contribution is 5.71. The van der Waals surface area contributed by atoms with Gasteiger partial charge in [-0.2, -0.15) is 0 Å². The van der Waals surface area contributed by atoms with E-state index in [-0.39, 0.29) is 31.1 Å². The Morgan fingerprint density at radius 3 is 0.838 bits per heavy atom. The summed E-state index contributed by atoms with van der Waals surface area (Å²) in [7, 11) is 0. The molecule has 0 saturated heterocycles. The Morgan fingerprint density at radius 2 is 0.529 bits per heavy atom. The van der Waals surface area contributed by atoms with E-state index in [1.54, 1.807) is 0 Å². The minimum absolute atomic E-state index is 0.0769. The van der Waals surface area contributed by atoms with Gasteiger partial charge in [0.2, 0.25) is 0 Å². The zero-order chi connectivity index (χ0) is 49.3. The molecule has 0 aliphatic carbocycles. The Morgan fingerprint density at radius 1 is 0.294 bits per heavy atom. The van der Waals surface area contributed by atoms with Gasteiger partial charge in [0.05, 0.1) is 0 Å². The lowest BCUT2D eigenvalue weighted by Crippen LogP contribution is -2.30. The fourth-order valence-electron chi connectivity index (χ4n) is 8.56. The molecule has 0 aromatic carbocycles. The van der Waals surface area contributed by atoms with Gasteiger partial charge in [0.1, 0.15) is 13.2 Å². The fourth-order valence-corrected chi connectivity index (χ4v) is 8.56. The number of rotatable bonds is 54. The van der Waals surface area contributed by atoms with Gasteiger partial charge in [-0.05, 0) is 83.5 Å². The predicted octanol–water partition coefficient (Wildman–Crippen LogP) is 19.8. The van der Waals surface area contributed by atoms with E-state index in [4.69, 9.17) is 14.2 Å². The SMILES string of the molecule is CCCCC/C=C\C/C=C\CCCCCCCCCCCC(=O)OCC(COC(=O)CCCCCCC/C=C\C/C=C\CCCCC)OC(=O)CCCCCCCCCCCCCCCCCC. The maximum absolute atomic E-state index is 12.9. The third-order valence-corrected chi connectivity index (χ3v) is 13.1. The van der Waals surface area contributed by atoms with E-state index in [2.05, 4.69) is 69.4 Å². The van der Waals surface area contributed by atoms with Crippen molar-refractivity contribution in [1.82, 2.24) is 0 Å². The molecule has 6 nitrogen and oxygen atoms in total. The van der Waals surface area contributed by atoms with Crippen LogP contribution in [0.1, 0.15) is 310 Å². The maximum atomic E-state index is 12.9. The largest absolute Gasteiger partial charge is 0.462 e. The predicted molar refractivity (Wildman–Crippen MR) is 293 cm³/mol. The van der Waals surface area contributed by atoms with Crippen LogP contribution in [0.3, 0.4) is 0 Å². The third kappa shape index (κ3) is 54.3. The first-order valence-corrected chi connectivity index (χ1v) is 29.6. The molecule has 0 fully saturated rings. The standard InChI is InChI=1S/C62H112O6/c1-4-7-10-13-16-19-22-25-28-30-31-32-35-37-40-43-46-49-52-55-61(64)67-58-59(57-66-60(63)54-51-48-45-42-39-36-33-27-24-21-18-15-12-9-6-3)68-62(65)56-53-50-47-44-41-38-34-29-26-23-20-17-14-11-8-5-2/h16,18-19,21,25,27-28,33,59H,4-15,17,20,22-24,26,29-32,34-58H2,1-3H3/b19-16-,21-18-,28-25-,33-27-. The molecule has 1 atom stereocenters. The first-order chi connectivity index (χ1) is 33.5. The van der Waals surface area contributed by atoms with Crippen molar-refractivity contribution < 1.29 is 28.6 Å². The smallest absolute Gasteiger partial charge is 0.306 e. The summed E-state index contributed by atoms with van der Waals surface area (Å²) in [6, 6.07) is 0. The van der Waals surface area contributed by atoms with Crippen LogP contribution < -0.4 is 0 Å². The van der Waals surface area contributed by atoms with Crippen molar-refractivity contribution in [1.29, 1.82) is 0 Å². The van der Waals surface area contributed by atoms with Gasteiger partial charge in [-0.3, -0.25) is 14.4 Å². The van der Waals surface area contributed by atoms with E-state index in [9.17, 15) is 14.4 Å². The van der Waals surface area contributed by atoms with Crippen LogP contribution in [0.2, 0.25) is 0 Å². The molecule has 0 bridgehead atoms. The second kappa shape index (κ2) is 57.0. The molecule has 0 spiro atoms. The van der Waals surface area contributed by atoms with Crippen LogP contribution >= 0.6 is 0 Å². The molecule has 1 unspecified atom stereocenters. The first kappa shape index (κ1) is 65.4. The van der Waals surface area contributed by atoms with Crippen LogP contribution in [0.15, 0.2) is 48.6 Å². The number of hydrogen-bond donors (Lipinski definition) is 0. The molecular formula is C62H112O6. The minimum Gasteiger partial charge on any atom is -0.462 e. The van der Waals surface area contributed by atoms with E-state index in [0.717, 1.165) is 83.5 Å². The number of hydrogen-bond acceptors (Lipinski definition) is 6. The minimum atomic E-state index is -0.778. The Balaban J connectivity index is 4.36. The lowest BCUT2D eigenvalue weighted by molar-refractivity contribution is -0.167. The van der Waals surface area contributed by atoms with Crippen LogP contribution in [-0.4, -0.2) is 37.2 Å². The third-order valence-electron chi connectivity index (χ3n) is 13.1. The zero-order valence-corrected chi connectivity index (χ0v) is 45.4. The maximum Gasteiger partial charge on any atom is 0.306 e.